The quantitative estimate of drug-likeness (QED) is 0.673. The smallest absolute Gasteiger partial charge is 0.308 e. The molecule has 2 aromatic rings. The van der Waals surface area contributed by atoms with Gasteiger partial charge in [-0.2, -0.15) is 0 Å². The number of nitrogens with zero attached hydrogens (tertiary/aromatic N) is 1. The third-order valence-electron chi connectivity index (χ3n) is 2.77. The fourth-order valence-corrected chi connectivity index (χ4v) is 2.76. The number of nitrogens with two attached hydrogens (primary N) is 1. The van der Waals surface area contributed by atoms with Crippen molar-refractivity contribution in [2.45, 2.75) is 32.7 Å². The zero-order valence-electron chi connectivity index (χ0n) is 9.70. The predicted octanol–water partition coefficient (Wildman–Crippen LogP) is 2.97. The highest BCUT2D eigenvalue weighted by Crippen LogP contribution is 2.23. The maximum atomic E-state index is 13.3. The van der Waals surface area contributed by atoms with Crippen LogP contribution in [0.15, 0.2) is 16.9 Å². The second-order valence-electron chi connectivity index (χ2n) is 4.07. The highest BCUT2D eigenvalue weighted by molar-refractivity contribution is 7.16. The first-order chi connectivity index (χ1) is 8.13. The van der Waals surface area contributed by atoms with Crippen LogP contribution >= 0.6 is 11.3 Å². The van der Waals surface area contributed by atoms with Crippen molar-refractivity contribution < 1.29 is 4.39 Å². The van der Waals surface area contributed by atoms with E-state index in [1.165, 1.54) is 6.07 Å². The van der Waals surface area contributed by atoms with Gasteiger partial charge in [0.2, 0.25) is 0 Å². The number of unbranched alkanes of at least 4 members (excludes halogenated alkanes) is 2. The summed E-state index contributed by atoms with van der Waals surface area (Å²) in [5, 5.41) is 0. The number of nitrogen functional groups attached to an aromatic ring is 1. The summed E-state index contributed by atoms with van der Waals surface area (Å²) >= 11 is 1.07. The number of aromatic nitrogens is 1. The first-order valence-corrected chi connectivity index (χ1v) is 6.53. The van der Waals surface area contributed by atoms with E-state index in [1.807, 2.05) is 0 Å². The molecular weight excluding hydrogens is 239 g/mol. The summed E-state index contributed by atoms with van der Waals surface area (Å²) in [4.78, 5) is 11.7. The van der Waals surface area contributed by atoms with Crippen LogP contribution in [0.5, 0.6) is 0 Å². The van der Waals surface area contributed by atoms with Gasteiger partial charge < -0.3 is 5.73 Å². The molecule has 2 rings (SSSR count). The lowest BCUT2D eigenvalue weighted by Gasteiger charge is -2.03. The van der Waals surface area contributed by atoms with Gasteiger partial charge in [0.05, 0.1) is 15.9 Å². The zero-order valence-corrected chi connectivity index (χ0v) is 10.5. The summed E-state index contributed by atoms with van der Waals surface area (Å²) < 4.78 is 15.6. The maximum Gasteiger partial charge on any atom is 0.308 e. The Labute approximate surface area is 103 Å². The fraction of sp³-hybridized carbons (Fsp3) is 0.417. The molecule has 92 valence electrons. The van der Waals surface area contributed by atoms with Crippen LogP contribution in [0.25, 0.3) is 10.2 Å². The van der Waals surface area contributed by atoms with Gasteiger partial charge in [-0.05, 0) is 18.6 Å². The van der Waals surface area contributed by atoms with Gasteiger partial charge in [-0.15, -0.1) is 0 Å². The summed E-state index contributed by atoms with van der Waals surface area (Å²) in [5.74, 6) is -0.459. The Morgan fingerprint density at radius 1 is 1.41 bits per heavy atom. The van der Waals surface area contributed by atoms with Crippen LogP contribution in [0.4, 0.5) is 10.1 Å². The number of thiazole rings is 1. The molecule has 0 saturated heterocycles. The van der Waals surface area contributed by atoms with Crippen molar-refractivity contribution in [2.75, 3.05) is 5.73 Å². The van der Waals surface area contributed by atoms with Gasteiger partial charge in [0, 0.05) is 6.54 Å². The SMILES string of the molecule is CCCCCn1c(=O)sc2cc(F)c(N)cc21. The molecule has 0 amide bonds. The van der Waals surface area contributed by atoms with Gasteiger partial charge in [-0.3, -0.25) is 9.36 Å². The molecule has 1 aromatic heterocycles. The minimum Gasteiger partial charge on any atom is -0.396 e. The van der Waals surface area contributed by atoms with Crippen molar-refractivity contribution in [2.24, 2.45) is 0 Å². The van der Waals surface area contributed by atoms with Crippen LogP contribution in [-0.4, -0.2) is 4.57 Å². The molecule has 0 radical (unpaired) electrons. The first kappa shape index (κ1) is 12.1. The number of fused-ring (bicyclic) bond motifs is 1. The van der Waals surface area contributed by atoms with Crippen LogP contribution < -0.4 is 10.6 Å². The normalized spacial score (nSPS) is 11.2. The summed E-state index contributed by atoms with van der Waals surface area (Å²) in [6.07, 6.45) is 3.15. The Bertz CT molecular complexity index is 588. The van der Waals surface area contributed by atoms with E-state index in [0.29, 0.717) is 11.2 Å². The van der Waals surface area contributed by atoms with Crippen LogP contribution in [0.1, 0.15) is 26.2 Å². The first-order valence-electron chi connectivity index (χ1n) is 5.72. The van der Waals surface area contributed by atoms with Gasteiger partial charge in [0.25, 0.3) is 0 Å². The van der Waals surface area contributed by atoms with Crippen molar-refractivity contribution in [3.05, 3.63) is 27.6 Å². The Morgan fingerprint density at radius 2 is 2.18 bits per heavy atom. The van der Waals surface area contributed by atoms with E-state index in [0.717, 1.165) is 36.1 Å². The van der Waals surface area contributed by atoms with Gasteiger partial charge in [0.1, 0.15) is 5.82 Å². The standard InChI is InChI=1S/C12H15FN2OS/c1-2-3-4-5-15-10-7-9(14)8(13)6-11(10)17-12(15)16/h6-7H,2-5,14H2,1H3. The molecule has 0 atom stereocenters. The lowest BCUT2D eigenvalue weighted by molar-refractivity contribution is 0.608. The molecular formula is C12H15FN2OS. The van der Waals surface area contributed by atoms with E-state index in [9.17, 15) is 9.18 Å². The van der Waals surface area contributed by atoms with Crippen LogP contribution in [0.2, 0.25) is 0 Å². The highest BCUT2D eigenvalue weighted by atomic mass is 32.1. The van der Waals surface area contributed by atoms with Gasteiger partial charge in [0.15, 0.2) is 0 Å². The number of hydrogen-bond acceptors (Lipinski definition) is 3. The number of aryl methyl sites for hydroxylation is 1. The molecule has 1 aromatic carbocycles. The molecule has 0 unspecified atom stereocenters. The summed E-state index contributed by atoms with van der Waals surface area (Å²) in [5.41, 5.74) is 6.38. The van der Waals surface area contributed by atoms with E-state index in [1.54, 1.807) is 10.6 Å². The van der Waals surface area contributed by atoms with Crippen LogP contribution in [-0.2, 0) is 6.54 Å². The predicted molar refractivity (Wildman–Crippen MR) is 70.0 cm³/mol. The summed E-state index contributed by atoms with van der Waals surface area (Å²) in [6, 6.07) is 2.89. The second-order valence-corrected chi connectivity index (χ2v) is 5.06. The number of hydrogen-bond donors (Lipinski definition) is 1. The Balaban J connectivity index is 2.44. The maximum absolute atomic E-state index is 13.3. The molecule has 3 nitrogen and oxygen atoms in total. The molecule has 0 fully saturated rings. The van der Waals surface area contributed by atoms with E-state index in [2.05, 4.69) is 6.92 Å². The third-order valence-corrected chi connectivity index (χ3v) is 3.71. The summed E-state index contributed by atoms with van der Waals surface area (Å²) in [7, 11) is 0. The van der Waals surface area contributed by atoms with Crippen LogP contribution in [0.3, 0.4) is 0 Å². The Hall–Kier alpha value is -1.36. The lowest BCUT2D eigenvalue weighted by atomic mass is 10.2. The largest absolute Gasteiger partial charge is 0.396 e. The van der Waals surface area contributed by atoms with Crippen molar-refractivity contribution in [3.63, 3.8) is 0 Å². The molecule has 0 aliphatic carbocycles. The number of halogens is 1. The molecule has 5 heteroatoms. The number of anilines is 1. The van der Waals surface area contributed by atoms with Crippen molar-refractivity contribution in [3.8, 4) is 0 Å². The van der Waals surface area contributed by atoms with E-state index >= 15 is 0 Å². The zero-order chi connectivity index (χ0) is 12.4. The second kappa shape index (κ2) is 4.87. The molecule has 0 saturated carbocycles. The average molecular weight is 254 g/mol. The monoisotopic (exact) mass is 254 g/mol. The minimum absolute atomic E-state index is 0.0406. The van der Waals surface area contributed by atoms with Crippen molar-refractivity contribution >= 4 is 27.2 Å². The Morgan fingerprint density at radius 3 is 2.88 bits per heavy atom. The van der Waals surface area contributed by atoms with E-state index < -0.39 is 5.82 Å². The lowest BCUT2D eigenvalue weighted by Crippen LogP contribution is -2.12. The van der Waals surface area contributed by atoms with E-state index in [4.69, 9.17) is 5.73 Å². The number of rotatable bonds is 4. The minimum atomic E-state index is -0.459. The van der Waals surface area contributed by atoms with Gasteiger partial charge in [-0.1, -0.05) is 31.1 Å². The third kappa shape index (κ3) is 2.34. The van der Waals surface area contributed by atoms with Gasteiger partial charge >= 0.3 is 4.87 Å². The molecule has 0 aliphatic rings. The Kier molecular flexibility index (Phi) is 3.47. The molecule has 2 N–H and O–H groups in total. The topological polar surface area (TPSA) is 48.0 Å². The van der Waals surface area contributed by atoms with Crippen LogP contribution in [0, 0.1) is 5.82 Å². The fourth-order valence-electron chi connectivity index (χ4n) is 1.83. The average Bonchev–Trinajstić information content (AvgIpc) is 2.57. The molecule has 0 bridgehead atoms. The molecule has 1 heterocycles. The number of benzene rings is 1. The summed E-state index contributed by atoms with van der Waals surface area (Å²) in [6.45, 7) is 2.79. The molecule has 0 aliphatic heterocycles. The molecule has 0 spiro atoms. The van der Waals surface area contributed by atoms with E-state index in [-0.39, 0.29) is 10.6 Å². The van der Waals surface area contributed by atoms with Crippen molar-refractivity contribution in [1.29, 1.82) is 0 Å². The molecule has 17 heavy (non-hydrogen) atoms. The highest BCUT2D eigenvalue weighted by Gasteiger charge is 2.10. The van der Waals surface area contributed by atoms with Gasteiger partial charge in [-0.25, -0.2) is 4.39 Å². The van der Waals surface area contributed by atoms with Crippen molar-refractivity contribution in [1.82, 2.24) is 4.57 Å².